The summed E-state index contributed by atoms with van der Waals surface area (Å²) < 4.78 is 6.65. The number of rotatable bonds is 6. The van der Waals surface area contributed by atoms with Gasteiger partial charge in [-0.25, -0.2) is 9.78 Å². The van der Waals surface area contributed by atoms with Gasteiger partial charge < -0.3 is 15.0 Å². The summed E-state index contributed by atoms with van der Waals surface area (Å²) in [5.41, 5.74) is 2.65. The molecule has 0 saturated heterocycles. The molecule has 27 heavy (non-hydrogen) atoms. The van der Waals surface area contributed by atoms with Crippen LogP contribution in [0.5, 0.6) is 5.75 Å². The number of aromatic nitrogens is 1. The van der Waals surface area contributed by atoms with Gasteiger partial charge in [-0.1, -0.05) is 5.92 Å². The van der Waals surface area contributed by atoms with E-state index in [9.17, 15) is 4.79 Å². The fraction of sp³-hybridized carbons (Fsp3) is 0.238. The third-order valence-corrected chi connectivity index (χ3v) is 5.09. The first-order valence-electron chi connectivity index (χ1n) is 8.77. The molecule has 138 valence electrons. The van der Waals surface area contributed by atoms with Gasteiger partial charge in [0.15, 0.2) is 0 Å². The molecule has 0 atom stereocenters. The standard InChI is InChI=1S/C21H21N3O2S/c1-4-13-24(5-2)21(25)22-16-9-7-15(8-10-16)20-23-18-14-17(26-6-3)11-12-19(18)27-20/h1,7-12,14H,5-6,13H2,2-3H3,(H,22,25). The number of terminal acetylenes is 1. The first-order valence-corrected chi connectivity index (χ1v) is 9.59. The molecular formula is C21H21N3O2S. The molecule has 1 aromatic heterocycles. The lowest BCUT2D eigenvalue weighted by Crippen LogP contribution is -2.34. The predicted octanol–water partition coefficient (Wildman–Crippen LogP) is 4.85. The van der Waals surface area contributed by atoms with Gasteiger partial charge in [0.25, 0.3) is 0 Å². The van der Waals surface area contributed by atoms with E-state index in [0.717, 1.165) is 32.2 Å². The van der Waals surface area contributed by atoms with E-state index < -0.39 is 0 Å². The Kier molecular flexibility index (Phi) is 5.94. The molecule has 6 heteroatoms. The normalized spacial score (nSPS) is 10.4. The van der Waals surface area contributed by atoms with E-state index in [0.29, 0.717) is 13.2 Å². The highest BCUT2D eigenvalue weighted by atomic mass is 32.1. The molecule has 0 aliphatic rings. The van der Waals surface area contributed by atoms with Gasteiger partial charge in [-0.2, -0.15) is 0 Å². The number of urea groups is 1. The molecule has 5 nitrogen and oxygen atoms in total. The average Bonchev–Trinajstić information content (AvgIpc) is 3.10. The lowest BCUT2D eigenvalue weighted by atomic mass is 10.2. The smallest absolute Gasteiger partial charge is 0.322 e. The van der Waals surface area contributed by atoms with Gasteiger partial charge in [0, 0.05) is 23.9 Å². The predicted molar refractivity (Wildman–Crippen MR) is 111 cm³/mol. The van der Waals surface area contributed by atoms with Gasteiger partial charge in [-0.3, -0.25) is 0 Å². The summed E-state index contributed by atoms with van der Waals surface area (Å²) in [4.78, 5) is 18.5. The van der Waals surface area contributed by atoms with Crippen LogP contribution in [0.4, 0.5) is 10.5 Å². The molecule has 0 bridgehead atoms. The highest BCUT2D eigenvalue weighted by Crippen LogP contribution is 2.32. The Morgan fingerprint density at radius 3 is 2.70 bits per heavy atom. The monoisotopic (exact) mass is 379 g/mol. The SMILES string of the molecule is C#CCN(CC)C(=O)Nc1ccc(-c2nc3cc(OCC)ccc3s2)cc1. The van der Waals surface area contributed by atoms with E-state index >= 15 is 0 Å². The van der Waals surface area contributed by atoms with Crippen molar-refractivity contribution in [2.45, 2.75) is 13.8 Å². The number of anilines is 1. The molecule has 1 N–H and O–H groups in total. The number of fused-ring (bicyclic) bond motifs is 1. The summed E-state index contributed by atoms with van der Waals surface area (Å²) in [6.45, 7) is 5.33. The van der Waals surface area contributed by atoms with Gasteiger partial charge in [0.05, 0.1) is 23.4 Å². The summed E-state index contributed by atoms with van der Waals surface area (Å²) in [5, 5.41) is 3.79. The number of hydrogen-bond donors (Lipinski definition) is 1. The van der Waals surface area contributed by atoms with Crippen molar-refractivity contribution in [1.29, 1.82) is 0 Å². The molecule has 0 spiro atoms. The van der Waals surface area contributed by atoms with E-state index in [2.05, 4.69) is 11.2 Å². The fourth-order valence-electron chi connectivity index (χ4n) is 2.62. The maximum atomic E-state index is 12.2. The number of amides is 2. The zero-order valence-electron chi connectivity index (χ0n) is 15.4. The number of nitrogens with zero attached hydrogens (tertiary/aromatic N) is 2. The highest BCUT2D eigenvalue weighted by molar-refractivity contribution is 7.21. The van der Waals surface area contributed by atoms with Gasteiger partial charge in [-0.05, 0) is 50.2 Å². The number of ether oxygens (including phenoxy) is 1. The number of thiazole rings is 1. The minimum absolute atomic E-state index is 0.202. The Morgan fingerprint density at radius 2 is 2.04 bits per heavy atom. The Morgan fingerprint density at radius 1 is 1.26 bits per heavy atom. The first-order chi connectivity index (χ1) is 13.1. The molecule has 0 aliphatic heterocycles. The third-order valence-electron chi connectivity index (χ3n) is 4.00. The molecule has 2 aromatic carbocycles. The summed E-state index contributed by atoms with van der Waals surface area (Å²) in [6.07, 6.45) is 5.29. The van der Waals surface area contributed by atoms with Crippen molar-refractivity contribution in [1.82, 2.24) is 9.88 Å². The summed E-state index contributed by atoms with van der Waals surface area (Å²) >= 11 is 1.63. The van der Waals surface area contributed by atoms with Crippen LogP contribution < -0.4 is 10.1 Å². The van der Waals surface area contributed by atoms with Gasteiger partial charge in [-0.15, -0.1) is 17.8 Å². The quantitative estimate of drug-likeness (QED) is 0.623. The number of hydrogen-bond acceptors (Lipinski definition) is 4. The summed E-state index contributed by atoms with van der Waals surface area (Å²) in [6, 6.07) is 13.4. The van der Waals surface area contributed by atoms with Crippen LogP contribution in [0.1, 0.15) is 13.8 Å². The topological polar surface area (TPSA) is 54.5 Å². The maximum absolute atomic E-state index is 12.2. The summed E-state index contributed by atoms with van der Waals surface area (Å²) in [7, 11) is 0. The summed E-state index contributed by atoms with van der Waals surface area (Å²) in [5.74, 6) is 3.32. The van der Waals surface area contributed by atoms with E-state index in [4.69, 9.17) is 16.1 Å². The minimum Gasteiger partial charge on any atom is -0.494 e. The highest BCUT2D eigenvalue weighted by Gasteiger charge is 2.11. The van der Waals surface area contributed by atoms with Crippen LogP contribution in [0.15, 0.2) is 42.5 Å². The van der Waals surface area contributed by atoms with Gasteiger partial charge in [0.2, 0.25) is 0 Å². The Labute approximate surface area is 163 Å². The fourth-order valence-corrected chi connectivity index (χ4v) is 3.57. The first kappa shape index (κ1) is 18.7. The Hall–Kier alpha value is -3.04. The largest absolute Gasteiger partial charge is 0.494 e. The molecular weight excluding hydrogens is 358 g/mol. The molecule has 0 aliphatic carbocycles. The van der Waals surface area contributed by atoms with Crippen molar-refractivity contribution in [3.05, 3.63) is 42.5 Å². The van der Waals surface area contributed by atoms with Crippen molar-refractivity contribution >= 4 is 33.3 Å². The molecule has 2 amide bonds. The number of nitrogens with one attached hydrogen (secondary N) is 1. The van der Waals surface area contributed by atoms with Gasteiger partial charge >= 0.3 is 6.03 Å². The molecule has 0 saturated carbocycles. The zero-order valence-corrected chi connectivity index (χ0v) is 16.2. The lowest BCUT2D eigenvalue weighted by Gasteiger charge is -2.18. The van der Waals surface area contributed by atoms with E-state index in [1.54, 1.807) is 16.2 Å². The van der Waals surface area contributed by atoms with Crippen LogP contribution in [0.2, 0.25) is 0 Å². The second-order valence-corrected chi connectivity index (χ2v) is 6.84. The second-order valence-electron chi connectivity index (χ2n) is 5.81. The van der Waals surface area contributed by atoms with Crippen molar-refractivity contribution in [2.24, 2.45) is 0 Å². The third kappa shape index (κ3) is 4.39. The van der Waals surface area contributed by atoms with E-state index in [1.807, 2.05) is 56.3 Å². The molecule has 0 fully saturated rings. The molecule has 3 rings (SSSR count). The number of carbonyl (C=O) groups excluding carboxylic acids is 1. The minimum atomic E-state index is -0.202. The van der Waals surface area contributed by atoms with Crippen LogP contribution in [0.3, 0.4) is 0 Å². The Balaban J connectivity index is 1.76. The van der Waals surface area contributed by atoms with Crippen molar-refractivity contribution < 1.29 is 9.53 Å². The van der Waals surface area contributed by atoms with Crippen molar-refractivity contribution in [3.63, 3.8) is 0 Å². The molecule has 0 unspecified atom stereocenters. The van der Waals surface area contributed by atoms with E-state index in [1.165, 1.54) is 0 Å². The van der Waals surface area contributed by atoms with Crippen LogP contribution in [0, 0.1) is 12.3 Å². The van der Waals surface area contributed by atoms with Crippen LogP contribution in [-0.4, -0.2) is 35.6 Å². The van der Waals surface area contributed by atoms with Crippen molar-refractivity contribution in [2.75, 3.05) is 25.0 Å². The molecule has 1 heterocycles. The second kappa shape index (κ2) is 8.56. The van der Waals surface area contributed by atoms with Crippen molar-refractivity contribution in [3.8, 4) is 28.7 Å². The van der Waals surface area contributed by atoms with Crippen LogP contribution in [0.25, 0.3) is 20.8 Å². The Bertz CT molecular complexity index is 973. The zero-order chi connectivity index (χ0) is 19.2. The number of carbonyl (C=O) groups is 1. The van der Waals surface area contributed by atoms with Crippen LogP contribution in [-0.2, 0) is 0 Å². The molecule has 3 aromatic rings. The lowest BCUT2D eigenvalue weighted by molar-refractivity contribution is 0.220. The number of benzene rings is 2. The van der Waals surface area contributed by atoms with Crippen LogP contribution >= 0.6 is 11.3 Å². The van der Waals surface area contributed by atoms with Gasteiger partial charge in [0.1, 0.15) is 10.8 Å². The molecule has 0 radical (unpaired) electrons. The average molecular weight is 379 g/mol. The van der Waals surface area contributed by atoms with E-state index in [-0.39, 0.29) is 12.6 Å². The maximum Gasteiger partial charge on any atom is 0.322 e.